The minimum atomic E-state index is -1.27. The Hall–Kier alpha value is -2.68. The molecule has 0 radical (unpaired) electrons. The Bertz CT molecular complexity index is 1200. The average Bonchev–Trinajstić information content (AvgIpc) is 2.78. The van der Waals surface area contributed by atoms with E-state index in [0.29, 0.717) is 14.5 Å². The molecular weight excluding hydrogens is 581 g/mol. The number of carbonyl (C=O) groups is 3. The van der Waals surface area contributed by atoms with E-state index in [9.17, 15) is 24.0 Å². The van der Waals surface area contributed by atoms with E-state index in [0.717, 1.165) is 11.8 Å². The number of methoxy groups -OCH3 is 1. The van der Waals surface area contributed by atoms with Gasteiger partial charge in [0.25, 0.3) is 0 Å². The maximum Gasteiger partial charge on any atom is 0.319 e. The molecular formula is C22H16Br2FN3O4S. The van der Waals surface area contributed by atoms with Crippen LogP contribution in [0, 0.1) is 23.1 Å². The molecule has 0 fully saturated rings. The molecule has 170 valence electrons. The third kappa shape index (κ3) is 5.82. The summed E-state index contributed by atoms with van der Waals surface area (Å²) in [5.41, 5.74) is 0.685. The van der Waals surface area contributed by atoms with Gasteiger partial charge in [0.15, 0.2) is 0 Å². The van der Waals surface area contributed by atoms with Crippen molar-refractivity contribution >= 4 is 67.1 Å². The fraction of sp³-hybridized carbons (Fsp3) is 0.182. The van der Waals surface area contributed by atoms with Gasteiger partial charge in [-0.2, -0.15) is 5.26 Å². The number of nitrogens with one attached hydrogen (secondary N) is 2. The number of carbonyl (C=O) groups excluding carboxylic acids is 3. The van der Waals surface area contributed by atoms with Crippen LogP contribution in [0.25, 0.3) is 0 Å². The number of benzene rings is 2. The first-order valence-corrected chi connectivity index (χ1v) is 12.0. The van der Waals surface area contributed by atoms with Crippen LogP contribution in [-0.4, -0.2) is 30.6 Å². The summed E-state index contributed by atoms with van der Waals surface area (Å²) in [7, 11) is 1.17. The van der Waals surface area contributed by atoms with E-state index in [-0.39, 0.29) is 22.0 Å². The quantitative estimate of drug-likeness (QED) is 0.376. The number of hydrogen-bond donors (Lipinski definition) is 2. The van der Waals surface area contributed by atoms with E-state index in [1.54, 1.807) is 30.3 Å². The highest BCUT2D eigenvalue weighted by atomic mass is 79.9. The van der Waals surface area contributed by atoms with Crippen molar-refractivity contribution in [3.63, 3.8) is 0 Å². The van der Waals surface area contributed by atoms with Crippen molar-refractivity contribution < 1.29 is 23.5 Å². The minimum Gasteiger partial charge on any atom is -0.468 e. The first kappa shape index (κ1) is 25.0. The number of nitrogens with zero attached hydrogens (tertiary/aromatic N) is 1. The second-order valence-electron chi connectivity index (χ2n) is 6.84. The maximum absolute atomic E-state index is 14.0. The van der Waals surface area contributed by atoms with E-state index in [4.69, 9.17) is 4.74 Å². The van der Waals surface area contributed by atoms with Crippen molar-refractivity contribution in [2.45, 2.75) is 5.92 Å². The van der Waals surface area contributed by atoms with Crippen LogP contribution in [0.4, 0.5) is 10.1 Å². The lowest BCUT2D eigenvalue weighted by molar-refractivity contribution is -0.150. The summed E-state index contributed by atoms with van der Waals surface area (Å²) >= 11 is 7.42. The molecule has 0 spiro atoms. The van der Waals surface area contributed by atoms with Gasteiger partial charge in [0.05, 0.1) is 35.2 Å². The fourth-order valence-electron chi connectivity index (χ4n) is 3.29. The van der Waals surface area contributed by atoms with E-state index in [1.807, 2.05) is 0 Å². The van der Waals surface area contributed by atoms with Crippen molar-refractivity contribution in [2.24, 2.45) is 5.92 Å². The topological polar surface area (TPSA) is 108 Å². The number of nitriles is 1. The summed E-state index contributed by atoms with van der Waals surface area (Å²) in [5.74, 6) is -4.94. The lowest BCUT2D eigenvalue weighted by Gasteiger charge is -2.31. The summed E-state index contributed by atoms with van der Waals surface area (Å²) < 4.78 is 20.0. The Morgan fingerprint density at radius 2 is 1.97 bits per heavy atom. The van der Waals surface area contributed by atoms with Crippen LogP contribution >= 0.6 is 43.6 Å². The molecule has 2 atom stereocenters. The largest absolute Gasteiger partial charge is 0.468 e. The predicted molar refractivity (Wildman–Crippen MR) is 128 cm³/mol. The molecule has 33 heavy (non-hydrogen) atoms. The summed E-state index contributed by atoms with van der Waals surface area (Å²) in [6.07, 6.45) is 0. The first-order chi connectivity index (χ1) is 15.7. The summed E-state index contributed by atoms with van der Waals surface area (Å²) in [6.45, 7) is 0. The number of amides is 2. The van der Waals surface area contributed by atoms with Gasteiger partial charge in [0, 0.05) is 14.9 Å². The molecule has 0 aliphatic carbocycles. The van der Waals surface area contributed by atoms with Crippen LogP contribution in [0.3, 0.4) is 0 Å². The van der Waals surface area contributed by atoms with E-state index < -0.39 is 35.4 Å². The number of esters is 1. The van der Waals surface area contributed by atoms with Crippen LogP contribution in [0.2, 0.25) is 0 Å². The molecule has 1 aliphatic rings. The molecule has 2 aromatic carbocycles. The Balaban J connectivity index is 1.89. The van der Waals surface area contributed by atoms with Gasteiger partial charge in [-0.25, -0.2) is 4.39 Å². The minimum absolute atomic E-state index is 0.00346. The third-order valence-corrected chi connectivity index (χ3v) is 6.75. The summed E-state index contributed by atoms with van der Waals surface area (Å²) in [6, 6.07) is 13.2. The Morgan fingerprint density at radius 3 is 2.61 bits per heavy atom. The second kappa shape index (κ2) is 11.0. The molecule has 0 saturated carbocycles. The maximum atomic E-state index is 14.0. The smallest absolute Gasteiger partial charge is 0.319 e. The number of rotatable bonds is 6. The van der Waals surface area contributed by atoms with E-state index in [1.165, 1.54) is 19.2 Å². The number of allylic oxidation sites excluding steroid dienone is 1. The molecule has 2 amide bonds. The van der Waals surface area contributed by atoms with Gasteiger partial charge in [-0.3, -0.25) is 14.4 Å². The molecule has 2 aromatic rings. The Kier molecular flexibility index (Phi) is 8.29. The monoisotopic (exact) mass is 595 g/mol. The number of anilines is 1. The summed E-state index contributed by atoms with van der Waals surface area (Å²) in [4.78, 5) is 37.6. The van der Waals surface area contributed by atoms with Gasteiger partial charge in [-0.05, 0) is 35.9 Å². The van der Waals surface area contributed by atoms with Crippen LogP contribution in [0.15, 0.2) is 62.0 Å². The van der Waals surface area contributed by atoms with Crippen LogP contribution in [0.1, 0.15) is 11.5 Å². The summed E-state index contributed by atoms with van der Waals surface area (Å²) in [5, 5.41) is 15.0. The molecule has 3 rings (SSSR count). The molecule has 0 saturated heterocycles. The fourth-order valence-corrected chi connectivity index (χ4v) is 4.89. The van der Waals surface area contributed by atoms with E-state index >= 15 is 0 Å². The highest BCUT2D eigenvalue weighted by Gasteiger charge is 2.44. The van der Waals surface area contributed by atoms with Gasteiger partial charge < -0.3 is 15.4 Å². The molecule has 11 heteroatoms. The van der Waals surface area contributed by atoms with Gasteiger partial charge >= 0.3 is 5.97 Å². The van der Waals surface area contributed by atoms with Crippen molar-refractivity contribution in [3.8, 4) is 6.07 Å². The highest BCUT2D eigenvalue weighted by Crippen LogP contribution is 2.40. The van der Waals surface area contributed by atoms with Gasteiger partial charge in [-0.15, -0.1) is 0 Å². The Morgan fingerprint density at radius 1 is 1.24 bits per heavy atom. The van der Waals surface area contributed by atoms with Crippen molar-refractivity contribution in [2.75, 3.05) is 18.2 Å². The number of thioether (sulfide) groups is 1. The standard InChI is InChI=1S/C22H16Br2FN3O4S/c1-32-22(31)19-18(11-3-2-4-12(23)7-11)14(9-26)21(28-20(19)30)33-10-17(29)27-16-6-5-13(24)8-15(16)25/h2-8,18-19H,10H2,1H3,(H,27,29)(H,28,30)/t18-,19-/m1/s1. The van der Waals surface area contributed by atoms with Crippen molar-refractivity contribution in [3.05, 3.63) is 73.4 Å². The first-order valence-electron chi connectivity index (χ1n) is 9.41. The normalized spacial score (nSPS) is 17.7. The number of halogens is 3. The molecule has 0 unspecified atom stereocenters. The Labute approximate surface area is 210 Å². The zero-order valence-corrected chi connectivity index (χ0v) is 21.0. The molecule has 1 aliphatic heterocycles. The number of hydrogen-bond acceptors (Lipinski definition) is 6. The van der Waals surface area contributed by atoms with Crippen LogP contribution in [0.5, 0.6) is 0 Å². The predicted octanol–water partition coefficient (Wildman–Crippen LogP) is 4.46. The number of ether oxygens (including phenoxy) is 1. The molecule has 0 aromatic heterocycles. The molecule has 7 nitrogen and oxygen atoms in total. The van der Waals surface area contributed by atoms with Gasteiger partial charge in [0.1, 0.15) is 11.7 Å². The zero-order valence-electron chi connectivity index (χ0n) is 17.0. The molecule has 2 N–H and O–H groups in total. The highest BCUT2D eigenvalue weighted by molar-refractivity contribution is 9.10. The molecule has 1 heterocycles. The van der Waals surface area contributed by atoms with Crippen molar-refractivity contribution in [1.29, 1.82) is 5.26 Å². The van der Waals surface area contributed by atoms with Gasteiger partial charge in [-0.1, -0.05) is 55.8 Å². The zero-order chi connectivity index (χ0) is 24.1. The van der Waals surface area contributed by atoms with Crippen LogP contribution in [-0.2, 0) is 19.1 Å². The second-order valence-corrected chi connectivity index (χ2v) is 9.66. The lowest BCUT2D eigenvalue weighted by atomic mass is 9.78. The lowest BCUT2D eigenvalue weighted by Crippen LogP contribution is -2.44. The van der Waals surface area contributed by atoms with Crippen LogP contribution < -0.4 is 10.6 Å². The SMILES string of the molecule is COC(=O)[C@H]1C(=O)NC(SCC(=O)Nc2ccc(Br)cc2F)=C(C#N)[C@H]1c1cccc(Br)c1. The molecule has 0 bridgehead atoms. The average molecular weight is 597 g/mol. The van der Waals surface area contributed by atoms with Crippen molar-refractivity contribution in [1.82, 2.24) is 5.32 Å². The van der Waals surface area contributed by atoms with Gasteiger partial charge in [0.2, 0.25) is 11.8 Å². The third-order valence-electron chi connectivity index (χ3n) is 4.74. The van der Waals surface area contributed by atoms with E-state index in [2.05, 4.69) is 48.6 Å².